The molecule has 0 aliphatic heterocycles. The number of rotatable bonds is 3. The van der Waals surface area contributed by atoms with E-state index in [9.17, 15) is 0 Å². The summed E-state index contributed by atoms with van der Waals surface area (Å²) in [7, 11) is 0. The Morgan fingerprint density at radius 3 is 2.21 bits per heavy atom. The van der Waals surface area contributed by atoms with E-state index in [0.29, 0.717) is 5.41 Å². The zero-order chi connectivity index (χ0) is 10.2. The first-order valence-corrected chi connectivity index (χ1v) is 6.31. The minimum atomic E-state index is 0.599. The molecular formula is C13H25N. The highest BCUT2D eigenvalue weighted by atomic mass is 15.0. The molecule has 1 atom stereocenters. The van der Waals surface area contributed by atoms with Gasteiger partial charge in [-0.25, -0.2) is 0 Å². The van der Waals surface area contributed by atoms with Gasteiger partial charge < -0.3 is 5.32 Å². The Bertz CT molecular complexity index is 189. The van der Waals surface area contributed by atoms with E-state index < -0.39 is 0 Å². The molecule has 1 unspecified atom stereocenters. The van der Waals surface area contributed by atoms with E-state index in [1.807, 2.05) is 0 Å². The second-order valence-electron chi connectivity index (χ2n) is 6.28. The van der Waals surface area contributed by atoms with Gasteiger partial charge in [-0.1, -0.05) is 33.6 Å². The van der Waals surface area contributed by atoms with Crippen LogP contribution in [0.1, 0.15) is 52.9 Å². The molecule has 0 aromatic carbocycles. The van der Waals surface area contributed by atoms with E-state index in [4.69, 9.17) is 0 Å². The van der Waals surface area contributed by atoms with E-state index in [1.54, 1.807) is 0 Å². The van der Waals surface area contributed by atoms with Gasteiger partial charge in [0, 0.05) is 6.04 Å². The van der Waals surface area contributed by atoms with Crippen molar-refractivity contribution in [3.63, 3.8) is 0 Å². The third-order valence-electron chi connectivity index (χ3n) is 4.30. The molecule has 14 heavy (non-hydrogen) atoms. The Balaban J connectivity index is 1.62. The van der Waals surface area contributed by atoms with Crippen LogP contribution in [0.15, 0.2) is 0 Å². The van der Waals surface area contributed by atoms with Crippen molar-refractivity contribution in [2.45, 2.75) is 58.9 Å². The van der Waals surface area contributed by atoms with Gasteiger partial charge in [-0.05, 0) is 43.1 Å². The molecule has 0 spiro atoms. The molecule has 82 valence electrons. The minimum absolute atomic E-state index is 0.599. The van der Waals surface area contributed by atoms with Crippen LogP contribution in [-0.4, -0.2) is 12.6 Å². The lowest BCUT2D eigenvalue weighted by atomic mass is 9.83. The van der Waals surface area contributed by atoms with Crippen molar-refractivity contribution in [3.05, 3.63) is 0 Å². The number of hydrogen-bond acceptors (Lipinski definition) is 1. The SMILES string of the molecule is CC1CCC(CNC2CC2(C)C)CC1. The lowest BCUT2D eigenvalue weighted by Crippen LogP contribution is -2.29. The van der Waals surface area contributed by atoms with Crippen LogP contribution < -0.4 is 5.32 Å². The van der Waals surface area contributed by atoms with Crippen LogP contribution in [0.4, 0.5) is 0 Å². The van der Waals surface area contributed by atoms with E-state index in [2.05, 4.69) is 26.1 Å². The van der Waals surface area contributed by atoms with Gasteiger partial charge >= 0.3 is 0 Å². The molecule has 1 heteroatoms. The largest absolute Gasteiger partial charge is 0.313 e. The molecule has 0 saturated heterocycles. The quantitative estimate of drug-likeness (QED) is 0.729. The Kier molecular flexibility index (Phi) is 2.88. The summed E-state index contributed by atoms with van der Waals surface area (Å²) in [5.74, 6) is 1.96. The van der Waals surface area contributed by atoms with Gasteiger partial charge in [0.2, 0.25) is 0 Å². The Morgan fingerprint density at radius 2 is 1.71 bits per heavy atom. The summed E-state index contributed by atoms with van der Waals surface area (Å²) in [4.78, 5) is 0. The third kappa shape index (κ3) is 2.50. The highest BCUT2D eigenvalue weighted by molar-refractivity contribution is 5.01. The first-order chi connectivity index (χ1) is 6.58. The fourth-order valence-electron chi connectivity index (χ4n) is 2.66. The molecule has 2 aliphatic carbocycles. The van der Waals surface area contributed by atoms with Gasteiger partial charge in [0.15, 0.2) is 0 Å². The molecule has 2 saturated carbocycles. The first-order valence-electron chi connectivity index (χ1n) is 6.31. The molecular weight excluding hydrogens is 170 g/mol. The van der Waals surface area contributed by atoms with Crippen LogP contribution in [0.3, 0.4) is 0 Å². The molecule has 2 aliphatic rings. The Morgan fingerprint density at radius 1 is 1.14 bits per heavy atom. The number of nitrogens with one attached hydrogen (secondary N) is 1. The summed E-state index contributed by atoms with van der Waals surface area (Å²) in [5.41, 5.74) is 0.599. The van der Waals surface area contributed by atoms with Crippen LogP contribution in [0.25, 0.3) is 0 Å². The van der Waals surface area contributed by atoms with E-state index in [0.717, 1.165) is 17.9 Å². The average molecular weight is 195 g/mol. The summed E-state index contributed by atoms with van der Waals surface area (Å²) in [6.07, 6.45) is 7.22. The molecule has 0 amide bonds. The van der Waals surface area contributed by atoms with E-state index >= 15 is 0 Å². The fourth-order valence-corrected chi connectivity index (χ4v) is 2.66. The fraction of sp³-hybridized carbons (Fsp3) is 1.00. The van der Waals surface area contributed by atoms with Crippen molar-refractivity contribution in [3.8, 4) is 0 Å². The average Bonchev–Trinajstić information content (AvgIpc) is 2.73. The predicted molar refractivity (Wildman–Crippen MR) is 61.3 cm³/mol. The molecule has 2 fully saturated rings. The molecule has 0 bridgehead atoms. The topological polar surface area (TPSA) is 12.0 Å². The molecule has 1 nitrogen and oxygen atoms in total. The maximum Gasteiger partial charge on any atom is 0.0125 e. The highest BCUT2D eigenvalue weighted by Gasteiger charge is 2.45. The first kappa shape index (κ1) is 10.5. The van der Waals surface area contributed by atoms with Crippen molar-refractivity contribution in [2.75, 3.05) is 6.54 Å². The summed E-state index contributed by atoms with van der Waals surface area (Å²) >= 11 is 0. The van der Waals surface area contributed by atoms with Gasteiger partial charge in [-0.3, -0.25) is 0 Å². The molecule has 0 heterocycles. The van der Waals surface area contributed by atoms with Gasteiger partial charge in [-0.15, -0.1) is 0 Å². The van der Waals surface area contributed by atoms with Crippen LogP contribution >= 0.6 is 0 Å². The molecule has 0 aromatic rings. The summed E-state index contributed by atoms with van der Waals surface area (Å²) < 4.78 is 0. The molecule has 0 radical (unpaired) electrons. The Labute approximate surface area is 88.7 Å². The summed E-state index contributed by atoms with van der Waals surface area (Å²) in [6, 6.07) is 0.821. The van der Waals surface area contributed by atoms with Crippen molar-refractivity contribution < 1.29 is 0 Å². The van der Waals surface area contributed by atoms with Gasteiger partial charge in [0.25, 0.3) is 0 Å². The molecule has 0 aromatic heterocycles. The predicted octanol–water partition coefficient (Wildman–Crippen LogP) is 3.20. The molecule has 2 rings (SSSR count). The van der Waals surface area contributed by atoms with Crippen molar-refractivity contribution in [1.29, 1.82) is 0 Å². The highest BCUT2D eigenvalue weighted by Crippen LogP contribution is 2.44. The zero-order valence-corrected chi connectivity index (χ0v) is 9.97. The van der Waals surface area contributed by atoms with Crippen molar-refractivity contribution >= 4 is 0 Å². The van der Waals surface area contributed by atoms with Crippen LogP contribution in [0, 0.1) is 17.3 Å². The van der Waals surface area contributed by atoms with Crippen LogP contribution in [0.2, 0.25) is 0 Å². The molecule has 1 N–H and O–H groups in total. The lowest BCUT2D eigenvalue weighted by Gasteiger charge is -2.26. The van der Waals surface area contributed by atoms with E-state index in [1.165, 1.54) is 38.6 Å². The number of hydrogen-bond donors (Lipinski definition) is 1. The maximum atomic E-state index is 3.73. The van der Waals surface area contributed by atoms with Crippen LogP contribution in [0.5, 0.6) is 0 Å². The summed E-state index contributed by atoms with van der Waals surface area (Å²) in [6.45, 7) is 8.41. The van der Waals surface area contributed by atoms with Gasteiger partial charge in [-0.2, -0.15) is 0 Å². The minimum Gasteiger partial charge on any atom is -0.313 e. The smallest absolute Gasteiger partial charge is 0.0125 e. The Hall–Kier alpha value is -0.0400. The summed E-state index contributed by atoms with van der Waals surface area (Å²) in [5, 5.41) is 3.73. The standard InChI is InChI=1S/C13H25N/c1-10-4-6-11(7-5-10)9-14-12-8-13(12,2)3/h10-12,14H,4-9H2,1-3H3. The van der Waals surface area contributed by atoms with Crippen LogP contribution in [-0.2, 0) is 0 Å². The van der Waals surface area contributed by atoms with Gasteiger partial charge in [0.05, 0.1) is 0 Å². The second kappa shape index (κ2) is 3.84. The normalized spacial score (nSPS) is 40.9. The van der Waals surface area contributed by atoms with Crippen molar-refractivity contribution in [1.82, 2.24) is 5.32 Å². The van der Waals surface area contributed by atoms with E-state index in [-0.39, 0.29) is 0 Å². The monoisotopic (exact) mass is 195 g/mol. The zero-order valence-electron chi connectivity index (χ0n) is 9.97. The van der Waals surface area contributed by atoms with Crippen molar-refractivity contribution in [2.24, 2.45) is 17.3 Å². The third-order valence-corrected chi connectivity index (χ3v) is 4.30. The maximum absolute atomic E-state index is 3.73. The second-order valence-corrected chi connectivity index (χ2v) is 6.28. The van der Waals surface area contributed by atoms with Gasteiger partial charge in [0.1, 0.15) is 0 Å². The lowest BCUT2D eigenvalue weighted by molar-refractivity contribution is 0.278.